The van der Waals surface area contributed by atoms with E-state index >= 15 is 0 Å². The van der Waals surface area contributed by atoms with Crippen LogP contribution in [-0.4, -0.2) is 52.6 Å². The Morgan fingerprint density at radius 3 is 2.18 bits per heavy atom. The second kappa shape index (κ2) is 6.60. The summed E-state index contributed by atoms with van der Waals surface area (Å²) in [5, 5.41) is 8.14. The molecule has 6 heteroatoms. The molecule has 0 aliphatic heterocycles. The van der Waals surface area contributed by atoms with Crippen LogP contribution in [0.3, 0.4) is 0 Å². The van der Waals surface area contributed by atoms with Crippen LogP contribution in [0.5, 0.6) is 0 Å². The normalized spacial score (nSPS) is 11.4. The smallest absolute Gasteiger partial charge is 0.303 e. The van der Waals surface area contributed by atoms with Crippen LogP contribution >= 0.6 is 0 Å². The summed E-state index contributed by atoms with van der Waals surface area (Å²) >= 11 is 0. The number of hydrogen-bond acceptors (Lipinski definition) is 3. The van der Waals surface area contributed by atoms with Crippen molar-refractivity contribution in [2.75, 3.05) is 0 Å². The van der Waals surface area contributed by atoms with E-state index in [0.29, 0.717) is 0 Å². The van der Waals surface area contributed by atoms with Crippen LogP contribution in [-0.2, 0) is 9.59 Å². The van der Waals surface area contributed by atoms with E-state index < -0.39 is 17.9 Å². The summed E-state index contributed by atoms with van der Waals surface area (Å²) in [4.78, 5) is 20.1. The molecule has 0 saturated carbocycles. The predicted molar refractivity (Wildman–Crippen MR) is 39.8 cm³/mol. The van der Waals surface area contributed by atoms with Gasteiger partial charge in [0, 0.05) is 36.0 Å². The zero-order valence-electron chi connectivity index (χ0n) is 6.41. The maximum atomic E-state index is 10.2. The van der Waals surface area contributed by atoms with Crippen molar-refractivity contribution in [3.8, 4) is 0 Å². The van der Waals surface area contributed by atoms with Crippen molar-refractivity contribution >= 4 is 41.4 Å². The zero-order valence-corrected chi connectivity index (χ0v) is 8.41. The molecule has 0 spiro atoms. The topological polar surface area (TPSA) is 106 Å². The molecule has 1 radical (unpaired) electrons. The molecule has 0 bridgehead atoms. The predicted octanol–water partition coefficient (Wildman–Crippen LogP) is -1.72. The molecule has 0 heterocycles. The number of carbonyl (C=O) groups is 2. The second-order valence-electron chi connectivity index (χ2n) is 1.94. The van der Waals surface area contributed by atoms with Gasteiger partial charge in [0.15, 0.2) is 0 Å². The fourth-order valence-electron chi connectivity index (χ4n) is 0.421. The Morgan fingerprint density at radius 1 is 1.45 bits per heavy atom. The van der Waals surface area contributed by atoms with Crippen molar-refractivity contribution < 1.29 is 14.7 Å². The Morgan fingerprint density at radius 2 is 1.91 bits per heavy atom. The van der Waals surface area contributed by atoms with E-state index in [1.807, 2.05) is 0 Å². The molecule has 0 aromatic carbocycles. The van der Waals surface area contributed by atoms with Gasteiger partial charge in [0.1, 0.15) is 0 Å². The van der Waals surface area contributed by atoms with Crippen molar-refractivity contribution in [1.82, 2.24) is 0 Å². The van der Waals surface area contributed by atoms with E-state index in [0.717, 1.165) is 0 Å². The molecule has 0 rings (SSSR count). The summed E-state index contributed by atoms with van der Waals surface area (Å²) in [6.07, 6.45) is -0.0191. The van der Waals surface area contributed by atoms with E-state index in [4.69, 9.17) is 16.6 Å². The average Bonchev–Trinajstić information content (AvgIpc) is 1.82. The Bertz CT molecular complexity index is 151. The van der Waals surface area contributed by atoms with E-state index in [9.17, 15) is 9.59 Å². The fourth-order valence-corrected chi connectivity index (χ4v) is 0.421. The van der Waals surface area contributed by atoms with Crippen LogP contribution in [0.25, 0.3) is 0 Å². The zero-order chi connectivity index (χ0) is 8.15. The minimum absolute atomic E-state index is 0. The molecule has 5 N–H and O–H groups in total. The quantitative estimate of drug-likeness (QED) is 0.435. The average molecular weight is 169 g/mol. The van der Waals surface area contributed by atoms with Crippen LogP contribution in [0.15, 0.2) is 0 Å². The molecule has 0 aliphatic carbocycles. The molecule has 0 unspecified atom stereocenters. The first kappa shape index (κ1) is 13.5. The number of rotatable bonds is 4. The largest absolute Gasteiger partial charge is 0.481 e. The third kappa shape index (κ3) is 7.80. The number of carboxylic acid groups (broad SMARTS) is 1. The van der Waals surface area contributed by atoms with Crippen LogP contribution < -0.4 is 11.5 Å². The first-order valence-electron chi connectivity index (χ1n) is 2.80. The van der Waals surface area contributed by atoms with Crippen molar-refractivity contribution in [1.29, 1.82) is 0 Å². The first-order valence-corrected chi connectivity index (χ1v) is 2.80. The first-order chi connectivity index (χ1) is 4.54. The number of carbonyl (C=O) groups excluding carboxylic acids is 1. The monoisotopic (exact) mass is 169 g/mol. The molecular formula is C5H10N2NaO3. The molecular weight excluding hydrogens is 159 g/mol. The molecule has 0 aromatic heterocycles. The van der Waals surface area contributed by atoms with E-state index in [2.05, 4.69) is 0 Å². The second-order valence-corrected chi connectivity index (χ2v) is 1.94. The van der Waals surface area contributed by atoms with Gasteiger partial charge >= 0.3 is 5.97 Å². The number of amides is 1. The maximum absolute atomic E-state index is 10.2. The number of primary amides is 1. The van der Waals surface area contributed by atoms with Gasteiger partial charge < -0.3 is 16.6 Å². The number of nitrogens with two attached hydrogens (primary N) is 2. The summed E-state index contributed by atoms with van der Waals surface area (Å²) in [5.74, 6) is -1.64. The molecule has 0 saturated heterocycles. The molecule has 0 aromatic rings. The van der Waals surface area contributed by atoms with Crippen LogP contribution in [0.2, 0.25) is 0 Å². The third-order valence-corrected chi connectivity index (χ3v) is 1.03. The summed E-state index contributed by atoms with van der Waals surface area (Å²) in [6.45, 7) is 0. The number of carboxylic acids is 1. The van der Waals surface area contributed by atoms with Crippen molar-refractivity contribution in [2.24, 2.45) is 11.5 Å². The van der Waals surface area contributed by atoms with Gasteiger partial charge in [0.2, 0.25) is 5.91 Å². The van der Waals surface area contributed by atoms with Gasteiger partial charge in [-0.05, 0) is 6.42 Å². The minimum Gasteiger partial charge on any atom is -0.481 e. The maximum Gasteiger partial charge on any atom is 0.303 e. The van der Waals surface area contributed by atoms with Gasteiger partial charge in [-0.25, -0.2) is 0 Å². The van der Waals surface area contributed by atoms with Gasteiger partial charge in [-0.3, -0.25) is 9.59 Å². The third-order valence-electron chi connectivity index (χ3n) is 1.03. The Kier molecular flexibility index (Phi) is 8.09. The van der Waals surface area contributed by atoms with Crippen LogP contribution in [0.4, 0.5) is 0 Å². The van der Waals surface area contributed by atoms with Gasteiger partial charge in [-0.1, -0.05) is 0 Å². The minimum atomic E-state index is -0.975. The molecule has 59 valence electrons. The van der Waals surface area contributed by atoms with E-state index in [1.165, 1.54) is 0 Å². The molecule has 5 nitrogen and oxygen atoms in total. The van der Waals surface area contributed by atoms with Gasteiger partial charge in [0.05, 0.1) is 6.04 Å². The summed E-state index contributed by atoms with van der Waals surface area (Å²) in [7, 11) is 0. The van der Waals surface area contributed by atoms with E-state index in [1.54, 1.807) is 0 Å². The Balaban J connectivity index is 0. The van der Waals surface area contributed by atoms with Crippen molar-refractivity contribution in [2.45, 2.75) is 18.9 Å². The fraction of sp³-hybridized carbons (Fsp3) is 0.600. The van der Waals surface area contributed by atoms with Crippen molar-refractivity contribution in [3.05, 3.63) is 0 Å². The molecule has 1 atom stereocenters. The molecule has 0 fully saturated rings. The summed E-state index contributed by atoms with van der Waals surface area (Å²) in [5.41, 5.74) is 9.89. The molecule has 11 heavy (non-hydrogen) atoms. The van der Waals surface area contributed by atoms with Crippen molar-refractivity contribution in [3.63, 3.8) is 0 Å². The SMILES string of the molecule is NC(=O)[C@@H](N)CCC(=O)O.[Na]. The Hall–Kier alpha value is -0.100. The van der Waals surface area contributed by atoms with Gasteiger partial charge in [-0.15, -0.1) is 0 Å². The van der Waals surface area contributed by atoms with Crippen LogP contribution in [0.1, 0.15) is 12.8 Å². The summed E-state index contributed by atoms with van der Waals surface area (Å²) in [6, 6.07) is -0.837. The Labute approximate surface area is 86.4 Å². The van der Waals surface area contributed by atoms with Crippen LogP contribution in [0, 0.1) is 0 Å². The number of aliphatic carboxylic acids is 1. The standard InChI is InChI=1S/C5H10N2O3.Na/c6-3(5(7)10)1-2-4(8)9;/h3H,1-2,6H2,(H2,7,10)(H,8,9);/t3-;/m0./s1. The van der Waals surface area contributed by atoms with E-state index in [-0.39, 0.29) is 42.4 Å². The molecule has 1 amide bonds. The molecule has 0 aliphatic rings. The summed E-state index contributed by atoms with van der Waals surface area (Å²) < 4.78 is 0. The number of hydrogen-bond donors (Lipinski definition) is 3. The van der Waals surface area contributed by atoms with Gasteiger partial charge in [-0.2, -0.15) is 0 Å². The van der Waals surface area contributed by atoms with Gasteiger partial charge in [0.25, 0.3) is 0 Å².